The molecule has 0 aliphatic heterocycles. The van der Waals surface area contributed by atoms with Crippen molar-refractivity contribution in [3.63, 3.8) is 0 Å². The Hall–Kier alpha value is -2.38. The van der Waals surface area contributed by atoms with Crippen LogP contribution in [0, 0.1) is 0 Å². The molecule has 0 atom stereocenters. The van der Waals surface area contributed by atoms with Crippen molar-refractivity contribution in [2.24, 2.45) is 0 Å². The van der Waals surface area contributed by atoms with E-state index in [1.807, 2.05) is 0 Å². The second-order valence-electron chi connectivity index (χ2n) is 5.62. The molecule has 0 unspecified atom stereocenters. The standard InChI is InChI=1S/C22H15Br/c23-22-14-12-18-6-3-4-8-20(18)21(22)13-10-16-9-11-17-5-1-2-7-19(17)15-16/h1-15H. The van der Waals surface area contributed by atoms with Crippen molar-refractivity contribution in [3.05, 3.63) is 94.5 Å². The monoisotopic (exact) mass is 358 g/mol. The minimum atomic E-state index is 1.12. The first kappa shape index (κ1) is 14.2. The molecule has 0 aromatic heterocycles. The summed E-state index contributed by atoms with van der Waals surface area (Å²) in [5.74, 6) is 0. The van der Waals surface area contributed by atoms with Crippen LogP contribution in [0.2, 0.25) is 0 Å². The summed E-state index contributed by atoms with van der Waals surface area (Å²) in [6.07, 6.45) is 4.37. The maximum atomic E-state index is 3.68. The number of benzene rings is 4. The van der Waals surface area contributed by atoms with Crippen molar-refractivity contribution in [3.8, 4) is 0 Å². The van der Waals surface area contributed by atoms with Crippen LogP contribution in [0.4, 0.5) is 0 Å². The van der Waals surface area contributed by atoms with Gasteiger partial charge in [0.1, 0.15) is 0 Å². The fourth-order valence-electron chi connectivity index (χ4n) is 2.93. The minimum Gasteiger partial charge on any atom is -0.0616 e. The van der Waals surface area contributed by atoms with Crippen LogP contribution in [0.3, 0.4) is 0 Å². The number of fused-ring (bicyclic) bond motifs is 2. The summed E-state index contributed by atoms with van der Waals surface area (Å²) >= 11 is 3.68. The third kappa shape index (κ3) is 2.80. The van der Waals surface area contributed by atoms with Gasteiger partial charge in [0.2, 0.25) is 0 Å². The van der Waals surface area contributed by atoms with Gasteiger partial charge in [-0.1, -0.05) is 94.8 Å². The van der Waals surface area contributed by atoms with Crippen molar-refractivity contribution in [2.45, 2.75) is 0 Å². The van der Waals surface area contributed by atoms with E-state index in [1.54, 1.807) is 0 Å². The van der Waals surface area contributed by atoms with E-state index in [-0.39, 0.29) is 0 Å². The van der Waals surface area contributed by atoms with E-state index in [0.29, 0.717) is 0 Å². The van der Waals surface area contributed by atoms with E-state index in [4.69, 9.17) is 0 Å². The Bertz CT molecular complexity index is 1030. The summed E-state index contributed by atoms with van der Waals surface area (Å²) in [4.78, 5) is 0. The highest BCUT2D eigenvalue weighted by Crippen LogP contribution is 2.28. The van der Waals surface area contributed by atoms with Crippen LogP contribution in [0.25, 0.3) is 33.7 Å². The Labute approximate surface area is 144 Å². The van der Waals surface area contributed by atoms with Crippen LogP contribution in [-0.4, -0.2) is 0 Å². The van der Waals surface area contributed by atoms with Gasteiger partial charge in [0.15, 0.2) is 0 Å². The number of hydrogen-bond donors (Lipinski definition) is 0. The molecule has 0 heterocycles. The van der Waals surface area contributed by atoms with Gasteiger partial charge in [0.25, 0.3) is 0 Å². The van der Waals surface area contributed by atoms with Gasteiger partial charge in [-0.2, -0.15) is 0 Å². The molecule has 4 aromatic rings. The average Bonchev–Trinajstić information content (AvgIpc) is 2.61. The van der Waals surface area contributed by atoms with Crippen molar-refractivity contribution >= 4 is 49.6 Å². The van der Waals surface area contributed by atoms with Gasteiger partial charge in [-0.05, 0) is 44.8 Å². The van der Waals surface area contributed by atoms with Crippen molar-refractivity contribution < 1.29 is 0 Å². The molecular weight excluding hydrogens is 344 g/mol. The van der Waals surface area contributed by atoms with Crippen LogP contribution in [-0.2, 0) is 0 Å². The van der Waals surface area contributed by atoms with Gasteiger partial charge in [0, 0.05) is 4.47 Å². The molecule has 0 aliphatic rings. The van der Waals surface area contributed by atoms with E-state index in [9.17, 15) is 0 Å². The van der Waals surface area contributed by atoms with E-state index < -0.39 is 0 Å². The fraction of sp³-hybridized carbons (Fsp3) is 0. The first-order chi connectivity index (χ1) is 11.3. The molecule has 0 aliphatic carbocycles. The first-order valence-corrected chi connectivity index (χ1v) is 8.45. The molecule has 4 aromatic carbocycles. The molecule has 1 heteroatoms. The quantitative estimate of drug-likeness (QED) is 0.341. The average molecular weight is 359 g/mol. The van der Waals surface area contributed by atoms with Gasteiger partial charge in [-0.3, -0.25) is 0 Å². The molecule has 0 radical (unpaired) electrons. The van der Waals surface area contributed by atoms with Gasteiger partial charge in [0.05, 0.1) is 0 Å². The Morgan fingerprint density at radius 2 is 1.30 bits per heavy atom. The normalized spacial score (nSPS) is 11.5. The molecule has 0 fully saturated rings. The third-order valence-corrected chi connectivity index (χ3v) is 4.82. The van der Waals surface area contributed by atoms with Gasteiger partial charge < -0.3 is 0 Å². The molecule has 23 heavy (non-hydrogen) atoms. The Kier molecular flexibility index (Phi) is 3.72. The molecule has 0 saturated carbocycles. The maximum absolute atomic E-state index is 3.68. The van der Waals surface area contributed by atoms with Crippen molar-refractivity contribution in [1.29, 1.82) is 0 Å². The second kappa shape index (κ2) is 6.02. The van der Waals surface area contributed by atoms with E-state index in [1.165, 1.54) is 32.7 Å². The molecule has 0 amide bonds. The fourth-order valence-corrected chi connectivity index (χ4v) is 3.41. The van der Waals surface area contributed by atoms with Gasteiger partial charge >= 0.3 is 0 Å². The maximum Gasteiger partial charge on any atom is 0.0254 e. The van der Waals surface area contributed by atoms with E-state index >= 15 is 0 Å². The van der Waals surface area contributed by atoms with E-state index in [0.717, 1.165) is 4.47 Å². The Balaban J connectivity index is 1.79. The summed E-state index contributed by atoms with van der Waals surface area (Å²) in [5.41, 5.74) is 2.43. The van der Waals surface area contributed by atoms with Crippen LogP contribution in [0.5, 0.6) is 0 Å². The Morgan fingerprint density at radius 1 is 0.609 bits per heavy atom. The van der Waals surface area contributed by atoms with Crippen LogP contribution in [0.1, 0.15) is 11.1 Å². The van der Waals surface area contributed by atoms with Crippen molar-refractivity contribution in [1.82, 2.24) is 0 Å². The lowest BCUT2D eigenvalue weighted by Crippen LogP contribution is -1.81. The number of rotatable bonds is 2. The summed E-state index contributed by atoms with van der Waals surface area (Å²) in [5, 5.41) is 5.07. The zero-order valence-electron chi connectivity index (χ0n) is 12.5. The summed E-state index contributed by atoms with van der Waals surface area (Å²) < 4.78 is 1.12. The summed E-state index contributed by atoms with van der Waals surface area (Å²) in [7, 11) is 0. The minimum absolute atomic E-state index is 1.12. The Morgan fingerprint density at radius 3 is 2.17 bits per heavy atom. The summed E-state index contributed by atoms with van der Waals surface area (Å²) in [6.45, 7) is 0. The van der Waals surface area contributed by atoms with Gasteiger partial charge in [-0.25, -0.2) is 0 Å². The third-order valence-electron chi connectivity index (χ3n) is 4.13. The SMILES string of the molecule is Brc1ccc2ccccc2c1C=Cc1ccc2ccccc2c1. The lowest BCUT2D eigenvalue weighted by Gasteiger charge is -2.05. The number of hydrogen-bond acceptors (Lipinski definition) is 0. The van der Waals surface area contributed by atoms with Gasteiger partial charge in [-0.15, -0.1) is 0 Å². The smallest absolute Gasteiger partial charge is 0.0254 e. The highest BCUT2D eigenvalue weighted by atomic mass is 79.9. The highest BCUT2D eigenvalue weighted by Gasteiger charge is 2.02. The molecule has 0 spiro atoms. The first-order valence-electron chi connectivity index (χ1n) is 7.65. The topological polar surface area (TPSA) is 0 Å². The molecule has 0 bridgehead atoms. The summed E-state index contributed by atoms with van der Waals surface area (Å²) in [6, 6.07) is 27.8. The lowest BCUT2D eigenvalue weighted by molar-refractivity contribution is 1.66. The number of halogens is 1. The largest absolute Gasteiger partial charge is 0.0616 e. The van der Waals surface area contributed by atoms with Crippen LogP contribution < -0.4 is 0 Å². The molecule has 110 valence electrons. The second-order valence-corrected chi connectivity index (χ2v) is 6.48. The van der Waals surface area contributed by atoms with E-state index in [2.05, 4.69) is 107 Å². The zero-order valence-corrected chi connectivity index (χ0v) is 14.1. The predicted octanol–water partition coefficient (Wildman–Crippen LogP) is 6.93. The van der Waals surface area contributed by atoms with Crippen LogP contribution in [0.15, 0.2) is 83.3 Å². The predicted molar refractivity (Wildman–Crippen MR) is 105 cm³/mol. The lowest BCUT2D eigenvalue weighted by atomic mass is 10.0. The molecule has 0 N–H and O–H groups in total. The molecular formula is C22H15Br. The van der Waals surface area contributed by atoms with Crippen molar-refractivity contribution in [2.75, 3.05) is 0 Å². The molecule has 0 saturated heterocycles. The molecule has 0 nitrogen and oxygen atoms in total. The highest BCUT2D eigenvalue weighted by molar-refractivity contribution is 9.10. The van der Waals surface area contributed by atoms with Crippen LogP contribution >= 0.6 is 15.9 Å². The zero-order chi connectivity index (χ0) is 15.6. The molecule has 4 rings (SSSR count).